The molecule has 1 aromatic rings. The van der Waals surface area contributed by atoms with Gasteiger partial charge in [-0.15, -0.1) is 0 Å². The van der Waals surface area contributed by atoms with Crippen LogP contribution in [0.4, 0.5) is 0 Å². The van der Waals surface area contributed by atoms with Crippen molar-refractivity contribution in [1.82, 2.24) is 5.32 Å². The Balaban J connectivity index is 1.66. The summed E-state index contributed by atoms with van der Waals surface area (Å²) in [5.74, 6) is -0.572. The molecule has 2 heterocycles. The first-order chi connectivity index (χ1) is 9.20. The van der Waals surface area contributed by atoms with Gasteiger partial charge in [0.2, 0.25) is 5.91 Å². The molecule has 1 aliphatic heterocycles. The minimum absolute atomic E-state index is 0.0426. The van der Waals surface area contributed by atoms with Crippen LogP contribution in [0.1, 0.15) is 37.7 Å². The number of hydrogen-bond donors (Lipinski definition) is 1. The van der Waals surface area contributed by atoms with E-state index in [2.05, 4.69) is 5.32 Å². The smallest absolute Gasteiger partial charge is 0.307 e. The van der Waals surface area contributed by atoms with Crippen LogP contribution in [0, 0.1) is 5.92 Å². The second-order valence-corrected chi connectivity index (χ2v) is 6.13. The lowest BCUT2D eigenvalue weighted by Crippen LogP contribution is -2.42. The molecular formula is C14H17NO3S. The normalized spacial score (nSPS) is 24.6. The highest BCUT2D eigenvalue weighted by Gasteiger charge is 2.53. The van der Waals surface area contributed by atoms with Crippen molar-refractivity contribution < 1.29 is 14.3 Å². The first kappa shape index (κ1) is 12.7. The summed E-state index contributed by atoms with van der Waals surface area (Å²) >= 11 is 1.61. The van der Waals surface area contributed by atoms with Crippen molar-refractivity contribution >= 4 is 23.2 Å². The lowest BCUT2D eigenvalue weighted by molar-refractivity contribution is -0.149. The fourth-order valence-electron chi connectivity index (χ4n) is 3.15. The van der Waals surface area contributed by atoms with E-state index in [4.69, 9.17) is 4.74 Å². The van der Waals surface area contributed by atoms with Gasteiger partial charge < -0.3 is 10.1 Å². The van der Waals surface area contributed by atoms with E-state index in [1.54, 1.807) is 11.3 Å². The highest BCUT2D eigenvalue weighted by molar-refractivity contribution is 7.07. The standard InChI is InChI=1S/C14H17NO3S/c16-12-7-11(14(18-12)4-1-2-5-14)13(17)15-8-10-3-6-19-9-10/h3,6,9,11H,1-2,4-5,7-8H2,(H,15,17). The summed E-state index contributed by atoms with van der Waals surface area (Å²) in [4.78, 5) is 23.9. The molecule has 1 spiro atoms. The van der Waals surface area contributed by atoms with Crippen molar-refractivity contribution in [2.45, 2.75) is 44.2 Å². The molecule has 1 atom stereocenters. The minimum atomic E-state index is -0.504. The molecule has 2 fully saturated rings. The Morgan fingerprint density at radius 2 is 2.26 bits per heavy atom. The number of esters is 1. The van der Waals surface area contributed by atoms with E-state index in [0.29, 0.717) is 6.54 Å². The number of hydrogen-bond acceptors (Lipinski definition) is 4. The SMILES string of the molecule is O=C1CC(C(=O)NCc2ccsc2)C2(CCCC2)O1. The zero-order chi connectivity index (χ0) is 13.3. The Kier molecular flexibility index (Phi) is 3.31. The van der Waals surface area contributed by atoms with Gasteiger partial charge in [-0.1, -0.05) is 0 Å². The number of rotatable bonds is 3. The molecular weight excluding hydrogens is 262 g/mol. The molecule has 1 saturated heterocycles. The van der Waals surface area contributed by atoms with Crippen molar-refractivity contribution in [2.75, 3.05) is 0 Å². The van der Waals surface area contributed by atoms with Gasteiger partial charge in [-0.2, -0.15) is 11.3 Å². The van der Waals surface area contributed by atoms with Gasteiger partial charge in [0, 0.05) is 6.54 Å². The maximum Gasteiger partial charge on any atom is 0.307 e. The zero-order valence-corrected chi connectivity index (χ0v) is 11.5. The number of carbonyl (C=O) groups is 2. The highest BCUT2D eigenvalue weighted by Crippen LogP contribution is 2.45. The average molecular weight is 279 g/mol. The van der Waals surface area contributed by atoms with E-state index < -0.39 is 5.60 Å². The van der Waals surface area contributed by atoms with E-state index >= 15 is 0 Å². The highest BCUT2D eigenvalue weighted by atomic mass is 32.1. The van der Waals surface area contributed by atoms with Gasteiger partial charge in [0.1, 0.15) is 5.60 Å². The van der Waals surface area contributed by atoms with E-state index in [1.165, 1.54) is 0 Å². The van der Waals surface area contributed by atoms with Crippen molar-refractivity contribution in [3.63, 3.8) is 0 Å². The molecule has 4 nitrogen and oxygen atoms in total. The van der Waals surface area contributed by atoms with Crippen LogP contribution in [-0.4, -0.2) is 17.5 Å². The second kappa shape index (κ2) is 4.96. The van der Waals surface area contributed by atoms with Crippen LogP contribution >= 0.6 is 11.3 Å². The number of carbonyl (C=O) groups excluding carboxylic acids is 2. The van der Waals surface area contributed by atoms with E-state index in [0.717, 1.165) is 31.2 Å². The second-order valence-electron chi connectivity index (χ2n) is 5.35. The Morgan fingerprint density at radius 3 is 2.95 bits per heavy atom. The molecule has 102 valence electrons. The first-order valence-corrected chi connectivity index (χ1v) is 7.64. The number of amides is 1. The van der Waals surface area contributed by atoms with E-state index in [9.17, 15) is 9.59 Å². The fourth-order valence-corrected chi connectivity index (χ4v) is 3.82. The van der Waals surface area contributed by atoms with Crippen LogP contribution in [-0.2, 0) is 20.9 Å². The van der Waals surface area contributed by atoms with E-state index in [-0.39, 0.29) is 24.2 Å². The molecule has 1 saturated carbocycles. The summed E-state index contributed by atoms with van der Waals surface area (Å²) in [6.45, 7) is 0.531. The van der Waals surface area contributed by atoms with Crippen molar-refractivity contribution in [2.24, 2.45) is 5.92 Å². The Bertz CT molecular complexity index is 477. The van der Waals surface area contributed by atoms with Gasteiger partial charge in [-0.05, 0) is 48.1 Å². The largest absolute Gasteiger partial charge is 0.458 e. The number of thiophene rings is 1. The molecule has 0 bridgehead atoms. The molecule has 1 aliphatic carbocycles. The molecule has 2 aliphatic rings. The van der Waals surface area contributed by atoms with Crippen LogP contribution < -0.4 is 5.32 Å². The molecule has 1 aromatic heterocycles. The third kappa shape index (κ3) is 2.39. The van der Waals surface area contributed by atoms with Gasteiger partial charge in [0.05, 0.1) is 12.3 Å². The number of ether oxygens (including phenoxy) is 1. The van der Waals surface area contributed by atoms with Crippen LogP contribution in [0.5, 0.6) is 0 Å². The van der Waals surface area contributed by atoms with Crippen LogP contribution in [0.3, 0.4) is 0 Å². The third-order valence-corrected chi connectivity index (χ3v) is 4.87. The summed E-state index contributed by atoms with van der Waals surface area (Å²) in [5, 5.41) is 6.94. The van der Waals surface area contributed by atoms with E-state index in [1.807, 2.05) is 16.8 Å². The van der Waals surface area contributed by atoms with Crippen molar-refractivity contribution in [3.05, 3.63) is 22.4 Å². The zero-order valence-electron chi connectivity index (χ0n) is 10.7. The maximum atomic E-state index is 12.3. The Hall–Kier alpha value is -1.36. The molecule has 1 N–H and O–H groups in total. The molecule has 5 heteroatoms. The molecule has 1 unspecified atom stereocenters. The third-order valence-electron chi connectivity index (χ3n) is 4.14. The van der Waals surface area contributed by atoms with Crippen LogP contribution in [0.15, 0.2) is 16.8 Å². The van der Waals surface area contributed by atoms with Gasteiger partial charge in [-0.3, -0.25) is 9.59 Å². The quantitative estimate of drug-likeness (QED) is 0.863. The summed E-state index contributed by atoms with van der Waals surface area (Å²) in [5.41, 5.74) is 0.597. The summed E-state index contributed by atoms with van der Waals surface area (Å²) < 4.78 is 5.48. The van der Waals surface area contributed by atoms with Crippen LogP contribution in [0.2, 0.25) is 0 Å². The van der Waals surface area contributed by atoms with Gasteiger partial charge in [-0.25, -0.2) is 0 Å². The first-order valence-electron chi connectivity index (χ1n) is 6.70. The van der Waals surface area contributed by atoms with Crippen LogP contribution in [0.25, 0.3) is 0 Å². The molecule has 19 heavy (non-hydrogen) atoms. The predicted octanol–water partition coefficient (Wildman–Crippen LogP) is 2.24. The molecule has 0 radical (unpaired) electrons. The number of nitrogens with one attached hydrogen (secondary N) is 1. The fraction of sp³-hybridized carbons (Fsp3) is 0.571. The van der Waals surface area contributed by atoms with Gasteiger partial charge >= 0.3 is 5.97 Å². The maximum absolute atomic E-state index is 12.3. The average Bonchev–Trinajstić information content (AvgIpc) is 3.10. The van der Waals surface area contributed by atoms with Gasteiger partial charge in [0.25, 0.3) is 0 Å². The summed E-state index contributed by atoms with van der Waals surface area (Å²) in [7, 11) is 0. The topological polar surface area (TPSA) is 55.4 Å². The van der Waals surface area contributed by atoms with Crippen molar-refractivity contribution in [3.8, 4) is 0 Å². The lowest BCUT2D eigenvalue weighted by atomic mass is 9.85. The molecule has 0 aromatic carbocycles. The Morgan fingerprint density at radius 1 is 1.47 bits per heavy atom. The summed E-state index contributed by atoms with van der Waals surface area (Å²) in [6, 6.07) is 1.99. The Labute approximate surface area is 116 Å². The molecule has 3 rings (SSSR count). The lowest BCUT2D eigenvalue weighted by Gasteiger charge is -2.27. The van der Waals surface area contributed by atoms with Gasteiger partial charge in [0.15, 0.2) is 0 Å². The molecule has 1 amide bonds. The monoisotopic (exact) mass is 279 g/mol. The van der Waals surface area contributed by atoms with Crippen molar-refractivity contribution in [1.29, 1.82) is 0 Å². The summed E-state index contributed by atoms with van der Waals surface area (Å²) in [6.07, 6.45) is 3.98. The minimum Gasteiger partial charge on any atom is -0.458 e. The predicted molar refractivity (Wildman–Crippen MR) is 71.6 cm³/mol.